The summed E-state index contributed by atoms with van der Waals surface area (Å²) >= 11 is 2.29. The number of benzene rings is 1. The normalized spacial score (nSPS) is 26.5. The highest BCUT2D eigenvalue weighted by molar-refractivity contribution is 14.1. The van der Waals surface area contributed by atoms with Crippen LogP contribution in [-0.4, -0.2) is 5.78 Å². The summed E-state index contributed by atoms with van der Waals surface area (Å²) in [6.45, 7) is 0. The third kappa shape index (κ3) is 1.28. The van der Waals surface area contributed by atoms with E-state index in [1.807, 2.05) is 24.3 Å². The molecule has 3 rings (SSSR count). The molecule has 0 aromatic heterocycles. The zero-order valence-corrected chi connectivity index (χ0v) is 11.3. The Hall–Kier alpha value is -1.15. The van der Waals surface area contributed by atoms with E-state index in [4.69, 9.17) is 0 Å². The highest BCUT2D eigenvalue weighted by atomic mass is 127. The van der Waals surface area contributed by atoms with E-state index in [0.29, 0.717) is 12.0 Å². The van der Waals surface area contributed by atoms with Crippen molar-refractivity contribution in [3.05, 3.63) is 41.0 Å². The lowest BCUT2D eigenvalue weighted by Gasteiger charge is -2.28. The van der Waals surface area contributed by atoms with Gasteiger partial charge in [-0.3, -0.25) is 4.79 Å². The van der Waals surface area contributed by atoms with Gasteiger partial charge in [0.05, 0.1) is 6.07 Å². The lowest BCUT2D eigenvalue weighted by molar-refractivity contribution is 0.0894. The molecule has 0 radical (unpaired) electrons. The number of rotatable bonds is 0. The van der Waals surface area contributed by atoms with Crippen LogP contribution in [0, 0.1) is 16.7 Å². The van der Waals surface area contributed by atoms with Gasteiger partial charge in [0.2, 0.25) is 0 Å². The molecule has 1 aromatic rings. The summed E-state index contributed by atoms with van der Waals surface area (Å²) in [5.74, 6) is 0.00326. The topological polar surface area (TPSA) is 40.9 Å². The number of halogens is 1. The second-order valence-electron chi connectivity index (χ2n) is 4.54. The Morgan fingerprint density at radius 3 is 2.71 bits per heavy atom. The maximum atomic E-state index is 12.5. The van der Waals surface area contributed by atoms with Crippen LogP contribution in [0.1, 0.15) is 35.2 Å². The summed E-state index contributed by atoms with van der Waals surface area (Å²) in [5, 5.41) is 9.46. The first-order valence-corrected chi connectivity index (χ1v) is 6.73. The molecule has 2 nitrogen and oxygen atoms in total. The monoisotopic (exact) mass is 335 g/mol. The molecule has 0 spiro atoms. The number of ketones is 1. The lowest BCUT2D eigenvalue weighted by Crippen LogP contribution is -2.32. The Morgan fingerprint density at radius 2 is 2.00 bits per heavy atom. The van der Waals surface area contributed by atoms with Gasteiger partial charge in [-0.2, -0.15) is 5.26 Å². The maximum Gasteiger partial charge on any atom is 0.187 e. The maximum absolute atomic E-state index is 12.5. The van der Waals surface area contributed by atoms with Crippen LogP contribution in [-0.2, 0) is 0 Å². The average Bonchev–Trinajstić information content (AvgIpc) is 2.81. The summed E-state index contributed by atoms with van der Waals surface area (Å²) in [6.07, 6.45) is 2.50. The van der Waals surface area contributed by atoms with Crippen molar-refractivity contribution in [3.8, 4) is 6.07 Å². The van der Waals surface area contributed by atoms with Gasteiger partial charge < -0.3 is 0 Å². The van der Waals surface area contributed by atoms with Crippen LogP contribution in [0.2, 0.25) is 0 Å². The smallest absolute Gasteiger partial charge is 0.187 e. The summed E-state index contributed by atoms with van der Waals surface area (Å²) < 4.78 is 1.11. The van der Waals surface area contributed by atoms with Crippen LogP contribution in [0.25, 0.3) is 3.58 Å². The molecule has 1 unspecified atom stereocenters. The van der Waals surface area contributed by atoms with E-state index in [1.54, 1.807) is 0 Å². The van der Waals surface area contributed by atoms with Crippen molar-refractivity contribution in [2.45, 2.75) is 19.3 Å². The number of allylic oxidation sites excluding steroid dienone is 1. The Balaban J connectivity index is 2.36. The Labute approximate surface area is 113 Å². The van der Waals surface area contributed by atoms with Gasteiger partial charge in [0.15, 0.2) is 5.78 Å². The van der Waals surface area contributed by atoms with Crippen molar-refractivity contribution in [1.29, 1.82) is 5.26 Å². The van der Waals surface area contributed by atoms with Gasteiger partial charge in [-0.15, -0.1) is 0 Å². The van der Waals surface area contributed by atoms with E-state index < -0.39 is 5.41 Å². The molecule has 1 atom stereocenters. The number of Topliss-reactive ketones (excluding diaryl/α,β-unsaturated/α-hetero) is 1. The quantitative estimate of drug-likeness (QED) is 0.678. The molecule has 2 aliphatic carbocycles. The minimum atomic E-state index is -0.856. The van der Waals surface area contributed by atoms with E-state index in [9.17, 15) is 10.1 Å². The van der Waals surface area contributed by atoms with Crippen molar-refractivity contribution in [1.82, 2.24) is 0 Å². The van der Waals surface area contributed by atoms with E-state index in [-0.39, 0.29) is 5.78 Å². The van der Waals surface area contributed by atoms with Gasteiger partial charge in [0, 0.05) is 9.14 Å². The number of nitrogens with zero attached hydrogens (tertiary/aromatic N) is 1. The van der Waals surface area contributed by atoms with Crippen LogP contribution in [0.3, 0.4) is 0 Å². The highest BCUT2D eigenvalue weighted by Crippen LogP contribution is 2.53. The molecule has 84 valence electrons. The van der Waals surface area contributed by atoms with Crippen LogP contribution >= 0.6 is 22.6 Å². The molecule has 17 heavy (non-hydrogen) atoms. The minimum absolute atomic E-state index is 0.00326. The summed E-state index contributed by atoms with van der Waals surface area (Å²) in [5.41, 5.74) is 1.90. The van der Waals surface area contributed by atoms with Gasteiger partial charge in [0.1, 0.15) is 5.41 Å². The van der Waals surface area contributed by atoms with Gasteiger partial charge >= 0.3 is 0 Å². The molecule has 3 heteroatoms. The van der Waals surface area contributed by atoms with Gasteiger partial charge in [-0.05, 0) is 53.0 Å². The molecular formula is C14H10INO. The lowest BCUT2D eigenvalue weighted by atomic mass is 9.72. The molecule has 1 fully saturated rings. The summed E-state index contributed by atoms with van der Waals surface area (Å²) in [4.78, 5) is 12.5. The summed E-state index contributed by atoms with van der Waals surface area (Å²) in [7, 11) is 0. The third-order valence-electron chi connectivity index (χ3n) is 3.75. The number of hydrogen-bond donors (Lipinski definition) is 0. The fourth-order valence-electron chi connectivity index (χ4n) is 2.88. The molecule has 0 amide bonds. The predicted molar refractivity (Wildman–Crippen MR) is 73.6 cm³/mol. The molecule has 2 aliphatic rings. The second-order valence-corrected chi connectivity index (χ2v) is 5.62. The van der Waals surface area contributed by atoms with Crippen molar-refractivity contribution in [2.75, 3.05) is 0 Å². The first-order chi connectivity index (χ1) is 8.20. The number of carbonyl (C=O) groups is 1. The second kappa shape index (κ2) is 3.67. The summed E-state index contributed by atoms with van der Waals surface area (Å²) in [6, 6.07) is 9.91. The Bertz CT molecular complexity index is 596. The SMILES string of the molecule is N#CC12CCCC1=C(I)c1ccccc1C2=O. The van der Waals surface area contributed by atoms with Crippen molar-refractivity contribution >= 4 is 32.0 Å². The molecule has 0 bridgehead atoms. The first-order valence-electron chi connectivity index (χ1n) is 5.65. The first kappa shape index (κ1) is 11.0. The Kier molecular flexibility index (Phi) is 2.37. The average molecular weight is 335 g/mol. The fourth-order valence-corrected chi connectivity index (χ4v) is 4.08. The van der Waals surface area contributed by atoms with Gasteiger partial charge in [0.25, 0.3) is 0 Å². The zero-order chi connectivity index (χ0) is 12.0. The molecular weight excluding hydrogens is 325 g/mol. The molecule has 1 aromatic carbocycles. The van der Waals surface area contributed by atoms with Crippen LogP contribution < -0.4 is 0 Å². The zero-order valence-electron chi connectivity index (χ0n) is 9.16. The van der Waals surface area contributed by atoms with Crippen molar-refractivity contribution < 1.29 is 4.79 Å². The van der Waals surface area contributed by atoms with Gasteiger partial charge in [-0.25, -0.2) is 0 Å². The third-order valence-corrected chi connectivity index (χ3v) is 4.98. The molecule has 0 N–H and O–H groups in total. The highest BCUT2D eigenvalue weighted by Gasteiger charge is 2.50. The van der Waals surface area contributed by atoms with Crippen LogP contribution in [0.4, 0.5) is 0 Å². The number of hydrogen-bond acceptors (Lipinski definition) is 2. The minimum Gasteiger partial charge on any atom is -0.292 e. The fraction of sp³-hybridized carbons (Fsp3) is 0.286. The molecule has 0 heterocycles. The number of nitriles is 1. The Morgan fingerprint density at radius 1 is 1.29 bits per heavy atom. The van der Waals surface area contributed by atoms with Crippen molar-refractivity contribution in [3.63, 3.8) is 0 Å². The molecule has 0 aliphatic heterocycles. The molecule has 0 saturated heterocycles. The standard InChI is InChI=1S/C14H10INO/c15-12-9-4-1-2-5-10(9)13(17)14(8-16)7-3-6-11(12)14/h1-2,4-5H,3,6-7H2. The molecule has 1 saturated carbocycles. The van der Waals surface area contributed by atoms with E-state index in [2.05, 4.69) is 28.7 Å². The largest absolute Gasteiger partial charge is 0.292 e. The van der Waals surface area contributed by atoms with Crippen molar-refractivity contribution in [2.24, 2.45) is 5.41 Å². The number of fused-ring (bicyclic) bond motifs is 2. The predicted octanol–water partition coefficient (Wildman–Crippen LogP) is 3.72. The van der Waals surface area contributed by atoms with E-state index in [0.717, 1.165) is 27.6 Å². The van der Waals surface area contributed by atoms with E-state index >= 15 is 0 Å². The van der Waals surface area contributed by atoms with Crippen LogP contribution in [0.5, 0.6) is 0 Å². The van der Waals surface area contributed by atoms with Gasteiger partial charge in [-0.1, -0.05) is 24.3 Å². The van der Waals surface area contributed by atoms with Crippen LogP contribution in [0.15, 0.2) is 29.8 Å². The number of carbonyl (C=O) groups excluding carboxylic acids is 1. The van der Waals surface area contributed by atoms with E-state index in [1.165, 1.54) is 0 Å².